The highest BCUT2D eigenvalue weighted by Crippen LogP contribution is 2.16. The molecule has 0 atom stereocenters. The van der Waals surface area contributed by atoms with Crippen molar-refractivity contribution in [1.82, 2.24) is 20.2 Å². The number of hydrogen-bond acceptors (Lipinski definition) is 4. The van der Waals surface area contributed by atoms with Gasteiger partial charge in [0.25, 0.3) is 0 Å². The summed E-state index contributed by atoms with van der Waals surface area (Å²) in [4.78, 5) is 19.7. The van der Waals surface area contributed by atoms with E-state index >= 15 is 0 Å². The van der Waals surface area contributed by atoms with Crippen molar-refractivity contribution in [2.75, 3.05) is 5.32 Å². The summed E-state index contributed by atoms with van der Waals surface area (Å²) in [6, 6.07) is 9.59. The van der Waals surface area contributed by atoms with Gasteiger partial charge in [0.2, 0.25) is 5.91 Å². The number of nitrogens with one attached hydrogen (secondary N) is 2. The van der Waals surface area contributed by atoms with Gasteiger partial charge in [-0.3, -0.25) is 9.89 Å². The lowest BCUT2D eigenvalue weighted by Crippen LogP contribution is -2.08. The molecule has 0 unspecified atom stereocenters. The van der Waals surface area contributed by atoms with Crippen molar-refractivity contribution in [1.29, 1.82) is 0 Å². The Hall–Kier alpha value is -3.02. The van der Waals surface area contributed by atoms with Gasteiger partial charge in [-0.1, -0.05) is 30.3 Å². The third-order valence-electron chi connectivity index (χ3n) is 2.71. The highest BCUT2D eigenvalue weighted by Gasteiger charge is 2.07. The third kappa shape index (κ3) is 2.54. The molecule has 1 amide bonds. The Morgan fingerprint density at radius 3 is 2.95 bits per heavy atom. The monoisotopic (exact) mass is 265 g/mol. The van der Waals surface area contributed by atoms with E-state index in [4.69, 9.17) is 0 Å². The lowest BCUT2D eigenvalue weighted by Gasteiger charge is -1.97. The molecular weight excluding hydrogens is 254 g/mol. The van der Waals surface area contributed by atoms with Crippen molar-refractivity contribution in [2.24, 2.45) is 0 Å². The van der Waals surface area contributed by atoms with Gasteiger partial charge in [0.1, 0.15) is 6.33 Å². The molecule has 20 heavy (non-hydrogen) atoms. The maximum absolute atomic E-state index is 11.8. The van der Waals surface area contributed by atoms with Crippen LogP contribution in [0.3, 0.4) is 0 Å². The molecule has 3 rings (SSSR count). The highest BCUT2D eigenvalue weighted by molar-refractivity contribution is 6.05. The van der Waals surface area contributed by atoms with E-state index in [1.54, 1.807) is 12.3 Å². The van der Waals surface area contributed by atoms with Gasteiger partial charge in [0.05, 0.1) is 5.39 Å². The number of aromatic nitrogens is 4. The first kappa shape index (κ1) is 12.0. The Kier molecular flexibility index (Phi) is 3.20. The van der Waals surface area contributed by atoms with Crippen LogP contribution in [0.1, 0.15) is 5.56 Å². The van der Waals surface area contributed by atoms with Gasteiger partial charge in [-0.15, -0.1) is 0 Å². The second kappa shape index (κ2) is 5.31. The maximum Gasteiger partial charge on any atom is 0.249 e. The number of amides is 1. The van der Waals surface area contributed by atoms with Gasteiger partial charge in [-0.05, 0) is 11.6 Å². The van der Waals surface area contributed by atoms with E-state index in [9.17, 15) is 4.79 Å². The minimum Gasteiger partial charge on any atom is -0.305 e. The molecule has 2 aromatic heterocycles. The molecule has 0 aliphatic carbocycles. The van der Waals surface area contributed by atoms with Gasteiger partial charge in [0.15, 0.2) is 11.5 Å². The minimum atomic E-state index is -0.258. The van der Waals surface area contributed by atoms with E-state index < -0.39 is 0 Å². The van der Waals surface area contributed by atoms with Gasteiger partial charge >= 0.3 is 0 Å². The number of benzene rings is 1. The summed E-state index contributed by atoms with van der Waals surface area (Å²) in [6.45, 7) is 0. The fraction of sp³-hybridized carbons (Fsp3) is 0. The van der Waals surface area contributed by atoms with Crippen LogP contribution in [0.2, 0.25) is 0 Å². The normalized spacial score (nSPS) is 11.0. The Morgan fingerprint density at radius 2 is 2.10 bits per heavy atom. The zero-order valence-corrected chi connectivity index (χ0v) is 10.4. The molecular formula is C14H11N5O. The molecule has 0 saturated heterocycles. The molecule has 98 valence electrons. The maximum atomic E-state index is 11.8. The van der Waals surface area contributed by atoms with Gasteiger partial charge < -0.3 is 5.32 Å². The van der Waals surface area contributed by atoms with Crippen molar-refractivity contribution in [2.45, 2.75) is 0 Å². The summed E-state index contributed by atoms with van der Waals surface area (Å²) in [5.41, 5.74) is 1.54. The summed E-state index contributed by atoms with van der Waals surface area (Å²) in [7, 11) is 0. The van der Waals surface area contributed by atoms with Gasteiger partial charge in [0, 0.05) is 12.3 Å². The summed E-state index contributed by atoms with van der Waals surface area (Å²) in [5, 5.41) is 10.1. The molecule has 3 aromatic rings. The molecule has 0 aliphatic rings. The van der Waals surface area contributed by atoms with E-state index in [0.717, 1.165) is 5.56 Å². The van der Waals surface area contributed by atoms with E-state index in [1.807, 2.05) is 30.3 Å². The second-order valence-electron chi connectivity index (χ2n) is 4.09. The Morgan fingerprint density at radius 1 is 1.25 bits per heavy atom. The van der Waals surface area contributed by atoms with Crippen LogP contribution in [0.5, 0.6) is 0 Å². The summed E-state index contributed by atoms with van der Waals surface area (Å²) in [5.74, 6) is 0.161. The lowest BCUT2D eigenvalue weighted by atomic mass is 10.2. The van der Waals surface area contributed by atoms with E-state index in [2.05, 4.69) is 25.5 Å². The predicted octanol–water partition coefficient (Wildman–Crippen LogP) is 2.00. The van der Waals surface area contributed by atoms with Crippen molar-refractivity contribution in [3.8, 4) is 0 Å². The highest BCUT2D eigenvalue weighted by atomic mass is 16.1. The first-order chi connectivity index (χ1) is 9.83. The Labute approximate surface area is 114 Å². The first-order valence-corrected chi connectivity index (χ1v) is 6.01. The summed E-state index contributed by atoms with van der Waals surface area (Å²) >= 11 is 0. The average molecular weight is 265 g/mol. The number of carbonyl (C=O) groups excluding carboxylic acids is 1. The molecule has 1 aromatic carbocycles. The van der Waals surface area contributed by atoms with E-state index in [-0.39, 0.29) is 5.91 Å². The number of rotatable bonds is 3. The number of aromatic amines is 1. The van der Waals surface area contributed by atoms with Crippen LogP contribution >= 0.6 is 0 Å². The molecule has 0 fully saturated rings. The summed E-state index contributed by atoms with van der Waals surface area (Å²) in [6.07, 6.45) is 6.21. The number of anilines is 1. The Balaban J connectivity index is 1.75. The molecule has 0 aliphatic heterocycles. The van der Waals surface area contributed by atoms with Crippen molar-refractivity contribution in [3.05, 3.63) is 54.5 Å². The standard InChI is InChI=1S/C14H11N5O/c20-12(7-6-10-4-2-1-3-5-10)17-14-11-8-15-9-16-13(11)18-19-14/h1-9H,(H2,15,16,17,18,19,20). The smallest absolute Gasteiger partial charge is 0.249 e. The van der Waals surface area contributed by atoms with E-state index in [1.165, 1.54) is 12.4 Å². The number of nitrogens with zero attached hydrogens (tertiary/aromatic N) is 3. The third-order valence-corrected chi connectivity index (χ3v) is 2.71. The number of hydrogen-bond donors (Lipinski definition) is 2. The van der Waals surface area contributed by atoms with Crippen LogP contribution in [-0.4, -0.2) is 26.1 Å². The molecule has 0 spiro atoms. The van der Waals surface area contributed by atoms with Crippen LogP contribution in [0, 0.1) is 0 Å². The van der Waals surface area contributed by atoms with Gasteiger partial charge in [-0.2, -0.15) is 5.10 Å². The van der Waals surface area contributed by atoms with Crippen LogP contribution < -0.4 is 5.32 Å². The average Bonchev–Trinajstić information content (AvgIpc) is 2.90. The number of fused-ring (bicyclic) bond motifs is 1. The first-order valence-electron chi connectivity index (χ1n) is 6.01. The van der Waals surface area contributed by atoms with Crippen molar-refractivity contribution in [3.63, 3.8) is 0 Å². The number of H-pyrrole nitrogens is 1. The zero-order chi connectivity index (χ0) is 13.8. The molecule has 2 heterocycles. The quantitative estimate of drug-likeness (QED) is 0.709. The Bertz CT molecular complexity index is 763. The van der Waals surface area contributed by atoms with Crippen molar-refractivity contribution >= 4 is 28.8 Å². The topological polar surface area (TPSA) is 83.6 Å². The number of carbonyl (C=O) groups is 1. The van der Waals surface area contributed by atoms with Crippen LogP contribution in [0.4, 0.5) is 5.82 Å². The van der Waals surface area contributed by atoms with Gasteiger partial charge in [-0.25, -0.2) is 9.97 Å². The second-order valence-corrected chi connectivity index (χ2v) is 4.09. The van der Waals surface area contributed by atoms with E-state index in [0.29, 0.717) is 16.9 Å². The largest absolute Gasteiger partial charge is 0.305 e. The van der Waals surface area contributed by atoms with Crippen LogP contribution in [0.25, 0.3) is 17.1 Å². The fourth-order valence-corrected chi connectivity index (χ4v) is 1.75. The van der Waals surface area contributed by atoms with Crippen LogP contribution in [-0.2, 0) is 4.79 Å². The molecule has 0 radical (unpaired) electrons. The zero-order valence-electron chi connectivity index (χ0n) is 10.4. The SMILES string of the molecule is O=C(C=Cc1ccccc1)Nc1n[nH]c2ncncc12. The molecule has 2 N–H and O–H groups in total. The fourth-order valence-electron chi connectivity index (χ4n) is 1.75. The molecule has 0 saturated carbocycles. The molecule has 6 nitrogen and oxygen atoms in total. The minimum absolute atomic E-state index is 0.258. The summed E-state index contributed by atoms with van der Waals surface area (Å²) < 4.78 is 0. The molecule has 6 heteroatoms. The molecule has 0 bridgehead atoms. The van der Waals surface area contributed by atoms with Crippen molar-refractivity contribution < 1.29 is 4.79 Å². The lowest BCUT2D eigenvalue weighted by molar-refractivity contribution is -0.111. The van der Waals surface area contributed by atoms with Crippen LogP contribution in [0.15, 0.2) is 48.9 Å². The predicted molar refractivity (Wildman–Crippen MR) is 75.8 cm³/mol.